The van der Waals surface area contributed by atoms with Gasteiger partial charge >= 0.3 is 0 Å². The van der Waals surface area contributed by atoms with Crippen LogP contribution in [0.4, 0.5) is 0 Å². The van der Waals surface area contributed by atoms with E-state index in [0.29, 0.717) is 17.4 Å². The zero-order valence-corrected chi connectivity index (χ0v) is 9.45. The first-order valence-corrected chi connectivity index (χ1v) is 5.38. The maximum Gasteiger partial charge on any atom is 0.131 e. The summed E-state index contributed by atoms with van der Waals surface area (Å²) in [6.45, 7) is 0. The van der Waals surface area contributed by atoms with Gasteiger partial charge in [-0.3, -0.25) is 0 Å². The number of phenolic OH excluding ortho intramolecular Hbond substituents is 3. The minimum atomic E-state index is -0.683. The number of aldehydes is 1. The lowest BCUT2D eigenvalue weighted by molar-refractivity contribution is -0.108. The second-order valence-corrected chi connectivity index (χ2v) is 3.95. The highest BCUT2D eigenvalue weighted by molar-refractivity contribution is 5.70. The van der Waals surface area contributed by atoms with Gasteiger partial charge in [0.05, 0.1) is 5.92 Å². The molecule has 0 saturated heterocycles. The number of aromatic hydroxyl groups is 3. The number of phenols is 3. The van der Waals surface area contributed by atoms with Gasteiger partial charge in [0.25, 0.3) is 0 Å². The fraction of sp³-hybridized carbons (Fsp3) is 0.0714. The molecular formula is C14H12O4. The van der Waals surface area contributed by atoms with Crippen molar-refractivity contribution in [2.75, 3.05) is 0 Å². The molecule has 0 amide bonds. The van der Waals surface area contributed by atoms with Gasteiger partial charge in [-0.25, -0.2) is 0 Å². The Morgan fingerprint density at radius 1 is 0.944 bits per heavy atom. The maximum absolute atomic E-state index is 11.2. The predicted octanol–water partition coefficient (Wildman–Crippen LogP) is 2.13. The van der Waals surface area contributed by atoms with Gasteiger partial charge in [-0.2, -0.15) is 0 Å². The van der Waals surface area contributed by atoms with E-state index >= 15 is 0 Å². The van der Waals surface area contributed by atoms with Gasteiger partial charge < -0.3 is 20.1 Å². The van der Waals surface area contributed by atoms with E-state index < -0.39 is 5.92 Å². The molecule has 0 aliphatic carbocycles. The van der Waals surface area contributed by atoms with E-state index in [1.54, 1.807) is 12.1 Å². The van der Waals surface area contributed by atoms with Crippen molar-refractivity contribution in [2.24, 2.45) is 0 Å². The Bertz CT molecular complexity index is 578. The predicted molar refractivity (Wildman–Crippen MR) is 65.8 cm³/mol. The van der Waals surface area contributed by atoms with E-state index in [4.69, 9.17) is 0 Å². The van der Waals surface area contributed by atoms with Crippen molar-refractivity contribution >= 4 is 6.29 Å². The summed E-state index contributed by atoms with van der Waals surface area (Å²) >= 11 is 0. The average molecular weight is 244 g/mol. The lowest BCUT2D eigenvalue weighted by Gasteiger charge is -2.13. The Labute approximate surface area is 104 Å². The molecule has 0 saturated carbocycles. The van der Waals surface area contributed by atoms with E-state index in [2.05, 4.69) is 0 Å². The molecule has 4 heteroatoms. The Kier molecular flexibility index (Phi) is 3.19. The summed E-state index contributed by atoms with van der Waals surface area (Å²) in [5, 5.41) is 28.4. The van der Waals surface area contributed by atoms with Crippen LogP contribution in [0.25, 0.3) is 0 Å². The van der Waals surface area contributed by atoms with E-state index in [1.807, 2.05) is 0 Å². The fourth-order valence-corrected chi connectivity index (χ4v) is 1.84. The van der Waals surface area contributed by atoms with Crippen LogP contribution in [0, 0.1) is 0 Å². The van der Waals surface area contributed by atoms with E-state index in [9.17, 15) is 20.1 Å². The van der Waals surface area contributed by atoms with Crippen LogP contribution in [-0.4, -0.2) is 21.6 Å². The first-order valence-electron chi connectivity index (χ1n) is 5.38. The molecule has 0 aliphatic heterocycles. The topological polar surface area (TPSA) is 77.8 Å². The van der Waals surface area contributed by atoms with Crippen LogP contribution in [0.2, 0.25) is 0 Å². The minimum Gasteiger partial charge on any atom is -0.508 e. The monoisotopic (exact) mass is 244 g/mol. The van der Waals surface area contributed by atoms with Gasteiger partial charge in [-0.05, 0) is 23.8 Å². The van der Waals surface area contributed by atoms with Crippen molar-refractivity contribution in [3.8, 4) is 17.2 Å². The van der Waals surface area contributed by atoms with E-state index in [0.717, 1.165) is 0 Å². The second kappa shape index (κ2) is 4.79. The number of carbonyl (C=O) groups excluding carboxylic acids is 1. The van der Waals surface area contributed by atoms with Crippen molar-refractivity contribution in [1.29, 1.82) is 0 Å². The van der Waals surface area contributed by atoms with Crippen molar-refractivity contribution in [3.63, 3.8) is 0 Å². The third-order valence-electron chi connectivity index (χ3n) is 2.71. The molecule has 0 spiro atoms. The molecule has 0 bridgehead atoms. The number of carbonyl (C=O) groups is 1. The lowest BCUT2D eigenvalue weighted by atomic mass is 9.92. The second-order valence-electron chi connectivity index (χ2n) is 3.95. The van der Waals surface area contributed by atoms with Crippen LogP contribution >= 0.6 is 0 Å². The zero-order valence-electron chi connectivity index (χ0n) is 9.45. The summed E-state index contributed by atoms with van der Waals surface area (Å²) in [5.74, 6) is -0.859. The summed E-state index contributed by atoms with van der Waals surface area (Å²) in [6, 6.07) is 10.3. The molecule has 0 fully saturated rings. The molecule has 92 valence electrons. The van der Waals surface area contributed by atoms with E-state index in [-0.39, 0.29) is 17.2 Å². The molecule has 1 unspecified atom stereocenters. The van der Waals surface area contributed by atoms with Crippen LogP contribution in [0.3, 0.4) is 0 Å². The first kappa shape index (κ1) is 12.0. The quantitative estimate of drug-likeness (QED) is 0.723. The molecule has 0 aromatic heterocycles. The molecule has 1 atom stereocenters. The summed E-state index contributed by atoms with van der Waals surface area (Å²) in [4.78, 5) is 11.2. The number of rotatable bonds is 3. The van der Waals surface area contributed by atoms with Crippen molar-refractivity contribution in [3.05, 3.63) is 53.6 Å². The maximum atomic E-state index is 11.2. The molecule has 2 rings (SSSR count). The van der Waals surface area contributed by atoms with Gasteiger partial charge in [-0.1, -0.05) is 18.2 Å². The molecule has 0 radical (unpaired) electrons. The number of hydrogen-bond acceptors (Lipinski definition) is 4. The lowest BCUT2D eigenvalue weighted by Crippen LogP contribution is -2.02. The van der Waals surface area contributed by atoms with Crippen molar-refractivity contribution < 1.29 is 20.1 Å². The van der Waals surface area contributed by atoms with Gasteiger partial charge in [-0.15, -0.1) is 0 Å². The molecule has 0 heterocycles. The Balaban J connectivity index is 2.48. The van der Waals surface area contributed by atoms with Crippen molar-refractivity contribution in [2.45, 2.75) is 5.92 Å². The molecule has 18 heavy (non-hydrogen) atoms. The Morgan fingerprint density at radius 3 is 2.28 bits per heavy atom. The van der Waals surface area contributed by atoms with Gasteiger partial charge in [0, 0.05) is 11.6 Å². The summed E-state index contributed by atoms with van der Waals surface area (Å²) in [6.07, 6.45) is 0.681. The largest absolute Gasteiger partial charge is 0.508 e. The Hall–Kier alpha value is -2.49. The minimum absolute atomic E-state index is 0.0534. The highest BCUT2D eigenvalue weighted by Crippen LogP contribution is 2.33. The van der Waals surface area contributed by atoms with Crippen LogP contribution in [0.15, 0.2) is 42.5 Å². The van der Waals surface area contributed by atoms with Crippen LogP contribution in [0.5, 0.6) is 17.2 Å². The summed E-state index contributed by atoms with van der Waals surface area (Å²) in [5.41, 5.74) is 0.958. The average Bonchev–Trinajstić information content (AvgIpc) is 2.33. The standard InChI is InChI=1S/C14H12O4/c15-8-13(9-2-1-3-10(16)6-9)12-5-4-11(17)7-14(12)18/h1-8,13,16-18H. The SMILES string of the molecule is O=CC(c1cccc(O)c1)c1ccc(O)cc1O. The van der Waals surface area contributed by atoms with Gasteiger partial charge in [0.15, 0.2) is 0 Å². The molecule has 2 aromatic rings. The first-order chi connectivity index (χ1) is 8.61. The molecule has 4 nitrogen and oxygen atoms in total. The normalized spacial score (nSPS) is 12.0. The molecular weight excluding hydrogens is 232 g/mol. The third kappa shape index (κ3) is 2.27. The highest BCUT2D eigenvalue weighted by Gasteiger charge is 2.17. The Morgan fingerprint density at radius 2 is 1.67 bits per heavy atom. The van der Waals surface area contributed by atoms with Crippen LogP contribution in [0.1, 0.15) is 17.0 Å². The van der Waals surface area contributed by atoms with Crippen molar-refractivity contribution in [1.82, 2.24) is 0 Å². The van der Waals surface area contributed by atoms with E-state index in [1.165, 1.54) is 30.3 Å². The zero-order chi connectivity index (χ0) is 13.1. The molecule has 3 N–H and O–H groups in total. The van der Waals surface area contributed by atoms with Gasteiger partial charge in [0.1, 0.15) is 23.5 Å². The number of benzene rings is 2. The van der Waals surface area contributed by atoms with Gasteiger partial charge in [0.2, 0.25) is 0 Å². The summed E-state index contributed by atoms with van der Waals surface area (Å²) in [7, 11) is 0. The highest BCUT2D eigenvalue weighted by atomic mass is 16.3. The fourth-order valence-electron chi connectivity index (χ4n) is 1.84. The smallest absolute Gasteiger partial charge is 0.131 e. The molecule has 2 aromatic carbocycles. The molecule has 0 aliphatic rings. The van der Waals surface area contributed by atoms with Crippen LogP contribution < -0.4 is 0 Å². The van der Waals surface area contributed by atoms with Crippen LogP contribution in [-0.2, 0) is 4.79 Å². The third-order valence-corrected chi connectivity index (χ3v) is 2.71. The summed E-state index contributed by atoms with van der Waals surface area (Å²) < 4.78 is 0. The number of hydrogen-bond donors (Lipinski definition) is 3.